The van der Waals surface area contributed by atoms with E-state index in [4.69, 9.17) is 0 Å². The standard InChI is InChI=1S/C10H22N2.C2H6/c1-3-5-10(4-2)12-8-6-11-7-9-12;1-2/h10-11H,3-9H2,1-2H3;1-2H3. The molecule has 1 rings (SSSR count). The molecule has 1 unspecified atom stereocenters. The molecule has 1 aliphatic heterocycles. The molecule has 0 aromatic heterocycles. The van der Waals surface area contributed by atoms with Crippen LogP contribution in [0.3, 0.4) is 0 Å². The highest BCUT2D eigenvalue weighted by Gasteiger charge is 2.17. The highest BCUT2D eigenvalue weighted by molar-refractivity contribution is 4.75. The molecule has 2 nitrogen and oxygen atoms in total. The highest BCUT2D eigenvalue weighted by Crippen LogP contribution is 2.11. The summed E-state index contributed by atoms with van der Waals surface area (Å²) in [4.78, 5) is 2.64. The topological polar surface area (TPSA) is 15.3 Å². The summed E-state index contributed by atoms with van der Waals surface area (Å²) < 4.78 is 0. The van der Waals surface area contributed by atoms with Crippen LogP contribution in [0, 0.1) is 0 Å². The van der Waals surface area contributed by atoms with Gasteiger partial charge in [-0.1, -0.05) is 34.1 Å². The lowest BCUT2D eigenvalue weighted by Crippen LogP contribution is -2.48. The summed E-state index contributed by atoms with van der Waals surface area (Å²) in [5.74, 6) is 0. The van der Waals surface area contributed by atoms with E-state index in [2.05, 4.69) is 24.1 Å². The van der Waals surface area contributed by atoms with Gasteiger partial charge in [0.1, 0.15) is 0 Å². The van der Waals surface area contributed by atoms with Gasteiger partial charge in [0.05, 0.1) is 0 Å². The maximum Gasteiger partial charge on any atom is 0.0110 e. The molecule has 1 N–H and O–H groups in total. The summed E-state index contributed by atoms with van der Waals surface area (Å²) >= 11 is 0. The molecule has 0 amide bonds. The van der Waals surface area contributed by atoms with Crippen LogP contribution in [0.5, 0.6) is 0 Å². The number of hydrogen-bond acceptors (Lipinski definition) is 2. The number of nitrogens with one attached hydrogen (secondary N) is 1. The molecule has 0 radical (unpaired) electrons. The van der Waals surface area contributed by atoms with Crippen molar-refractivity contribution in [3.63, 3.8) is 0 Å². The summed E-state index contributed by atoms with van der Waals surface area (Å²) in [6, 6.07) is 0.845. The van der Waals surface area contributed by atoms with Gasteiger partial charge in [-0.15, -0.1) is 0 Å². The second-order valence-corrected chi connectivity index (χ2v) is 3.64. The van der Waals surface area contributed by atoms with Gasteiger partial charge in [-0.3, -0.25) is 4.90 Å². The Morgan fingerprint density at radius 2 is 1.71 bits per heavy atom. The quantitative estimate of drug-likeness (QED) is 0.750. The van der Waals surface area contributed by atoms with Crippen molar-refractivity contribution in [2.24, 2.45) is 0 Å². The third kappa shape index (κ3) is 4.97. The van der Waals surface area contributed by atoms with Crippen LogP contribution < -0.4 is 5.32 Å². The molecule has 0 aliphatic carbocycles. The van der Waals surface area contributed by atoms with Crippen LogP contribution in [0.15, 0.2) is 0 Å². The predicted molar refractivity (Wildman–Crippen MR) is 64.8 cm³/mol. The Morgan fingerprint density at radius 1 is 1.14 bits per heavy atom. The first-order chi connectivity index (χ1) is 6.88. The van der Waals surface area contributed by atoms with E-state index >= 15 is 0 Å². The third-order valence-electron chi connectivity index (χ3n) is 2.76. The Morgan fingerprint density at radius 3 is 2.14 bits per heavy atom. The van der Waals surface area contributed by atoms with Crippen LogP contribution in [-0.4, -0.2) is 37.1 Å². The van der Waals surface area contributed by atoms with Gasteiger partial charge in [0, 0.05) is 32.2 Å². The van der Waals surface area contributed by atoms with E-state index < -0.39 is 0 Å². The Bertz CT molecular complexity index is 106. The molecule has 86 valence electrons. The van der Waals surface area contributed by atoms with Crippen LogP contribution in [0.25, 0.3) is 0 Å². The first-order valence-electron chi connectivity index (χ1n) is 6.33. The minimum Gasteiger partial charge on any atom is -0.314 e. The fourth-order valence-corrected chi connectivity index (χ4v) is 2.03. The second kappa shape index (κ2) is 9.47. The van der Waals surface area contributed by atoms with E-state index in [-0.39, 0.29) is 0 Å². The third-order valence-corrected chi connectivity index (χ3v) is 2.76. The van der Waals surface area contributed by atoms with Gasteiger partial charge in [0.25, 0.3) is 0 Å². The maximum absolute atomic E-state index is 3.39. The van der Waals surface area contributed by atoms with Gasteiger partial charge in [0.15, 0.2) is 0 Å². The summed E-state index contributed by atoms with van der Waals surface area (Å²) in [6.07, 6.45) is 4.01. The fraction of sp³-hybridized carbons (Fsp3) is 1.00. The van der Waals surface area contributed by atoms with Crippen molar-refractivity contribution in [1.82, 2.24) is 10.2 Å². The molecule has 0 aromatic carbocycles. The first kappa shape index (κ1) is 13.9. The molecular formula is C12H28N2. The molecule has 1 aliphatic rings. The molecule has 0 saturated carbocycles. The molecule has 14 heavy (non-hydrogen) atoms. The minimum absolute atomic E-state index is 0.845. The SMILES string of the molecule is CC.CCCC(CC)N1CCNCC1. The van der Waals surface area contributed by atoms with Gasteiger partial charge >= 0.3 is 0 Å². The van der Waals surface area contributed by atoms with Crippen LogP contribution in [0.1, 0.15) is 47.0 Å². The van der Waals surface area contributed by atoms with E-state index in [0.717, 1.165) is 6.04 Å². The van der Waals surface area contributed by atoms with E-state index in [1.807, 2.05) is 13.8 Å². The van der Waals surface area contributed by atoms with E-state index in [9.17, 15) is 0 Å². The van der Waals surface area contributed by atoms with Gasteiger partial charge < -0.3 is 5.32 Å². The van der Waals surface area contributed by atoms with E-state index in [0.29, 0.717) is 0 Å². The average Bonchev–Trinajstić information content (AvgIpc) is 2.30. The average molecular weight is 200 g/mol. The molecule has 1 heterocycles. The van der Waals surface area contributed by atoms with Crippen molar-refractivity contribution in [2.45, 2.75) is 53.0 Å². The molecule has 0 bridgehead atoms. The summed E-state index contributed by atoms with van der Waals surface area (Å²) in [5, 5.41) is 3.39. The Balaban J connectivity index is 0.000000791. The second-order valence-electron chi connectivity index (χ2n) is 3.64. The van der Waals surface area contributed by atoms with Gasteiger partial charge in [0.2, 0.25) is 0 Å². The van der Waals surface area contributed by atoms with Crippen molar-refractivity contribution in [2.75, 3.05) is 26.2 Å². The van der Waals surface area contributed by atoms with Crippen LogP contribution >= 0.6 is 0 Å². The largest absolute Gasteiger partial charge is 0.314 e. The van der Waals surface area contributed by atoms with Crippen LogP contribution in [-0.2, 0) is 0 Å². The van der Waals surface area contributed by atoms with Crippen molar-refractivity contribution in [3.05, 3.63) is 0 Å². The fourth-order valence-electron chi connectivity index (χ4n) is 2.03. The maximum atomic E-state index is 3.39. The molecule has 1 saturated heterocycles. The molecule has 0 aromatic rings. The van der Waals surface area contributed by atoms with Crippen LogP contribution in [0.4, 0.5) is 0 Å². The van der Waals surface area contributed by atoms with E-state index in [1.54, 1.807) is 0 Å². The zero-order valence-corrected chi connectivity index (χ0v) is 10.5. The number of hydrogen-bond donors (Lipinski definition) is 1. The zero-order valence-electron chi connectivity index (χ0n) is 10.5. The zero-order chi connectivity index (χ0) is 10.8. The summed E-state index contributed by atoms with van der Waals surface area (Å²) in [6.45, 7) is 13.4. The number of nitrogens with zero attached hydrogens (tertiary/aromatic N) is 1. The Hall–Kier alpha value is -0.0800. The number of piperazine rings is 1. The van der Waals surface area contributed by atoms with Gasteiger partial charge in [-0.05, 0) is 12.8 Å². The molecule has 1 fully saturated rings. The van der Waals surface area contributed by atoms with Crippen molar-refractivity contribution < 1.29 is 0 Å². The smallest absolute Gasteiger partial charge is 0.0110 e. The Kier molecular flexibility index (Phi) is 9.42. The molecular weight excluding hydrogens is 172 g/mol. The van der Waals surface area contributed by atoms with Gasteiger partial charge in [-0.25, -0.2) is 0 Å². The normalized spacial score (nSPS) is 19.7. The van der Waals surface area contributed by atoms with E-state index in [1.165, 1.54) is 45.4 Å². The highest BCUT2D eigenvalue weighted by atomic mass is 15.2. The predicted octanol–water partition coefficient (Wildman–Crippen LogP) is 2.50. The van der Waals surface area contributed by atoms with Crippen molar-refractivity contribution in [3.8, 4) is 0 Å². The van der Waals surface area contributed by atoms with Crippen molar-refractivity contribution in [1.29, 1.82) is 0 Å². The van der Waals surface area contributed by atoms with Crippen molar-refractivity contribution >= 4 is 0 Å². The molecule has 2 heteroatoms. The number of rotatable bonds is 4. The lowest BCUT2D eigenvalue weighted by Gasteiger charge is -2.34. The minimum atomic E-state index is 0.845. The van der Waals surface area contributed by atoms with Gasteiger partial charge in [-0.2, -0.15) is 0 Å². The Labute approximate surface area is 90.1 Å². The molecule has 1 atom stereocenters. The summed E-state index contributed by atoms with van der Waals surface area (Å²) in [7, 11) is 0. The first-order valence-corrected chi connectivity index (χ1v) is 6.33. The molecule has 0 spiro atoms. The lowest BCUT2D eigenvalue weighted by molar-refractivity contribution is 0.160. The van der Waals surface area contributed by atoms with Crippen LogP contribution in [0.2, 0.25) is 0 Å². The monoisotopic (exact) mass is 200 g/mol. The lowest BCUT2D eigenvalue weighted by atomic mass is 10.1. The summed E-state index contributed by atoms with van der Waals surface area (Å²) in [5.41, 5.74) is 0.